The summed E-state index contributed by atoms with van der Waals surface area (Å²) in [6.45, 7) is 0. The number of hydrogen-bond acceptors (Lipinski definition) is 9. The van der Waals surface area contributed by atoms with Crippen LogP contribution in [0.5, 0.6) is 5.88 Å². The fraction of sp³-hybridized carbons (Fsp3) is 0.348. The third-order valence-electron chi connectivity index (χ3n) is 5.55. The smallest absolute Gasteiger partial charge is 0.320 e. The van der Waals surface area contributed by atoms with E-state index in [0.29, 0.717) is 23.9 Å². The van der Waals surface area contributed by atoms with Gasteiger partial charge in [0.1, 0.15) is 6.10 Å². The van der Waals surface area contributed by atoms with Crippen molar-refractivity contribution >= 4 is 29.3 Å². The molecule has 0 spiro atoms. The fourth-order valence-electron chi connectivity index (χ4n) is 3.72. The number of nitrogens with one attached hydrogen (secondary N) is 2. The Balaban J connectivity index is 1.26. The van der Waals surface area contributed by atoms with Gasteiger partial charge in [0, 0.05) is 24.2 Å². The third kappa shape index (κ3) is 6.49. The highest BCUT2D eigenvalue weighted by atomic mass is 19.2. The van der Waals surface area contributed by atoms with Crippen LogP contribution in [0.1, 0.15) is 42.8 Å². The van der Waals surface area contributed by atoms with E-state index >= 15 is 0 Å². The minimum absolute atomic E-state index is 0.00994. The molecule has 0 bridgehead atoms. The topological polar surface area (TPSA) is 128 Å². The number of halogens is 2. The number of anilines is 3. The van der Waals surface area contributed by atoms with E-state index in [1.807, 2.05) is 0 Å². The Labute approximate surface area is 199 Å². The van der Waals surface area contributed by atoms with Gasteiger partial charge in [0.2, 0.25) is 5.88 Å². The number of ether oxygens (including phenoxy) is 2. The molecule has 0 radical (unpaired) electrons. The van der Waals surface area contributed by atoms with Crippen molar-refractivity contribution in [1.82, 2.24) is 15.2 Å². The lowest BCUT2D eigenvalue weighted by Crippen LogP contribution is -2.25. The second kappa shape index (κ2) is 10.9. The van der Waals surface area contributed by atoms with Crippen molar-refractivity contribution < 1.29 is 32.3 Å². The van der Waals surface area contributed by atoms with Crippen molar-refractivity contribution in [2.24, 2.45) is 5.92 Å². The summed E-state index contributed by atoms with van der Waals surface area (Å²) >= 11 is 0. The predicted molar refractivity (Wildman–Crippen MR) is 119 cm³/mol. The number of methoxy groups -OCH3 is 1. The molecule has 10 nitrogen and oxygen atoms in total. The van der Waals surface area contributed by atoms with Crippen LogP contribution >= 0.6 is 0 Å². The molecule has 0 unspecified atom stereocenters. The van der Waals surface area contributed by atoms with Crippen LogP contribution in [-0.4, -0.2) is 40.3 Å². The van der Waals surface area contributed by atoms with Crippen LogP contribution in [0.4, 0.5) is 26.2 Å². The number of esters is 1. The zero-order valence-corrected chi connectivity index (χ0v) is 18.8. The summed E-state index contributed by atoms with van der Waals surface area (Å²) in [4.78, 5) is 28.0. The highest BCUT2D eigenvalue weighted by Gasteiger charge is 2.25. The van der Waals surface area contributed by atoms with Crippen molar-refractivity contribution in [3.8, 4) is 5.88 Å². The zero-order valence-electron chi connectivity index (χ0n) is 18.8. The number of aromatic nitrogens is 3. The Morgan fingerprint density at radius 3 is 2.51 bits per heavy atom. The van der Waals surface area contributed by atoms with Gasteiger partial charge in [-0.2, -0.15) is 0 Å². The van der Waals surface area contributed by atoms with Crippen LogP contribution < -0.4 is 15.4 Å². The molecule has 2 aromatic heterocycles. The van der Waals surface area contributed by atoms with Crippen molar-refractivity contribution in [2.45, 2.75) is 38.2 Å². The minimum Gasteiger partial charge on any atom is -0.474 e. The van der Waals surface area contributed by atoms with Crippen LogP contribution in [0.15, 0.2) is 40.9 Å². The number of amides is 1. The lowest BCUT2D eigenvalue weighted by molar-refractivity contribution is -0.142. The Morgan fingerprint density at radius 1 is 1.06 bits per heavy atom. The summed E-state index contributed by atoms with van der Waals surface area (Å²) in [5.74, 6) is -2.49. The SMILES string of the molecule is COC(=O)C[C@H]1CC[C@H](Oc2ccc(NC(=O)c3nnc(Nc4ccc(F)c(F)c4)o3)cn2)CC1. The lowest BCUT2D eigenvalue weighted by Gasteiger charge is -2.28. The highest BCUT2D eigenvalue weighted by molar-refractivity contribution is 6.00. The van der Waals surface area contributed by atoms with Gasteiger partial charge >= 0.3 is 23.8 Å². The molecule has 1 aliphatic rings. The van der Waals surface area contributed by atoms with E-state index in [9.17, 15) is 18.4 Å². The van der Waals surface area contributed by atoms with Gasteiger partial charge < -0.3 is 24.5 Å². The molecule has 0 saturated heterocycles. The van der Waals surface area contributed by atoms with E-state index < -0.39 is 17.5 Å². The van der Waals surface area contributed by atoms with E-state index in [1.54, 1.807) is 12.1 Å². The van der Waals surface area contributed by atoms with Gasteiger partial charge in [-0.1, -0.05) is 5.10 Å². The largest absolute Gasteiger partial charge is 0.474 e. The van der Waals surface area contributed by atoms with Gasteiger partial charge in [-0.3, -0.25) is 9.59 Å². The quantitative estimate of drug-likeness (QED) is 0.448. The van der Waals surface area contributed by atoms with Crippen molar-refractivity contribution in [3.63, 3.8) is 0 Å². The summed E-state index contributed by atoms with van der Waals surface area (Å²) < 4.78 is 42.2. The molecule has 0 aliphatic heterocycles. The highest BCUT2D eigenvalue weighted by Crippen LogP contribution is 2.29. The normalized spacial score (nSPS) is 17.5. The molecule has 35 heavy (non-hydrogen) atoms. The van der Waals surface area contributed by atoms with Crippen molar-refractivity contribution in [3.05, 3.63) is 54.1 Å². The summed E-state index contributed by atoms with van der Waals surface area (Å²) in [6.07, 6.45) is 5.27. The van der Waals surface area contributed by atoms with E-state index in [4.69, 9.17) is 13.9 Å². The lowest BCUT2D eigenvalue weighted by atomic mass is 9.85. The summed E-state index contributed by atoms with van der Waals surface area (Å²) in [5.41, 5.74) is 0.564. The number of carbonyl (C=O) groups excluding carboxylic acids is 2. The molecule has 1 aliphatic carbocycles. The molecule has 12 heteroatoms. The second-order valence-corrected chi connectivity index (χ2v) is 8.05. The number of hydrogen-bond donors (Lipinski definition) is 2. The van der Waals surface area contributed by atoms with E-state index in [2.05, 4.69) is 25.8 Å². The molecular weight excluding hydrogens is 464 g/mol. The molecule has 1 fully saturated rings. The number of pyridine rings is 1. The molecule has 1 aromatic carbocycles. The van der Waals surface area contributed by atoms with Gasteiger partial charge in [-0.05, 0) is 49.8 Å². The van der Waals surface area contributed by atoms with Crippen molar-refractivity contribution in [2.75, 3.05) is 17.7 Å². The summed E-state index contributed by atoms with van der Waals surface area (Å²) in [7, 11) is 1.39. The molecule has 1 saturated carbocycles. The molecular formula is C23H23F2N5O5. The Hall–Kier alpha value is -4.09. The van der Waals surface area contributed by atoms with Crippen LogP contribution in [-0.2, 0) is 9.53 Å². The molecule has 184 valence electrons. The van der Waals surface area contributed by atoms with Crippen LogP contribution in [0.3, 0.4) is 0 Å². The third-order valence-corrected chi connectivity index (χ3v) is 5.55. The second-order valence-electron chi connectivity index (χ2n) is 8.05. The van der Waals surface area contributed by atoms with Crippen LogP contribution in [0, 0.1) is 17.6 Å². The summed E-state index contributed by atoms with van der Waals surface area (Å²) in [6, 6.07) is 6.25. The summed E-state index contributed by atoms with van der Waals surface area (Å²) in [5, 5.41) is 12.5. The van der Waals surface area contributed by atoms with Gasteiger partial charge in [0.05, 0.1) is 19.0 Å². The number of rotatable bonds is 8. The van der Waals surface area contributed by atoms with E-state index in [0.717, 1.165) is 37.8 Å². The average Bonchev–Trinajstić information content (AvgIpc) is 3.32. The molecule has 1 amide bonds. The number of nitrogens with zero attached hydrogens (tertiary/aromatic N) is 3. The molecule has 4 rings (SSSR count). The van der Waals surface area contributed by atoms with Crippen LogP contribution in [0.2, 0.25) is 0 Å². The fourth-order valence-corrected chi connectivity index (χ4v) is 3.72. The Morgan fingerprint density at radius 2 is 1.83 bits per heavy atom. The van der Waals surface area contributed by atoms with Crippen LogP contribution in [0.25, 0.3) is 0 Å². The van der Waals surface area contributed by atoms with Gasteiger partial charge in [0.15, 0.2) is 11.6 Å². The van der Waals surface area contributed by atoms with Gasteiger partial charge in [0.25, 0.3) is 0 Å². The standard InChI is InChI=1S/C23H23F2N5O5/c1-33-20(31)10-13-2-6-16(7-3-13)34-19-9-5-15(12-26-19)27-21(32)22-29-30-23(35-22)28-14-4-8-17(24)18(25)11-14/h4-5,8-9,11-13,16H,2-3,6-7,10H2,1H3,(H,27,32)(H,28,30)/t13-,16-. The number of carbonyl (C=O) groups is 2. The maximum Gasteiger partial charge on any atom is 0.320 e. The van der Waals surface area contributed by atoms with E-state index in [1.165, 1.54) is 19.4 Å². The first-order chi connectivity index (χ1) is 16.9. The number of benzene rings is 1. The first kappa shape index (κ1) is 24.0. The zero-order chi connectivity index (χ0) is 24.8. The first-order valence-electron chi connectivity index (χ1n) is 11.0. The predicted octanol–water partition coefficient (Wildman–Crippen LogP) is 4.24. The maximum atomic E-state index is 13.3. The van der Waals surface area contributed by atoms with Crippen molar-refractivity contribution in [1.29, 1.82) is 0 Å². The van der Waals surface area contributed by atoms with Gasteiger partial charge in [-0.25, -0.2) is 13.8 Å². The Kier molecular flexibility index (Phi) is 7.48. The Bertz CT molecular complexity index is 1180. The van der Waals surface area contributed by atoms with E-state index in [-0.39, 0.29) is 29.7 Å². The monoisotopic (exact) mass is 487 g/mol. The molecule has 2 N–H and O–H groups in total. The average molecular weight is 487 g/mol. The maximum absolute atomic E-state index is 13.3. The van der Waals surface area contributed by atoms with Gasteiger partial charge in [-0.15, -0.1) is 5.10 Å². The molecule has 2 heterocycles. The minimum atomic E-state index is -1.04. The first-order valence-corrected chi connectivity index (χ1v) is 11.0. The molecule has 0 atom stereocenters. The molecule has 3 aromatic rings.